The molecule has 1 N–H and O–H groups in total. The summed E-state index contributed by atoms with van der Waals surface area (Å²) in [5.41, 5.74) is 0.522. The van der Waals surface area contributed by atoms with Crippen LogP contribution in [0.25, 0.3) is 0 Å². The summed E-state index contributed by atoms with van der Waals surface area (Å²) in [5, 5.41) is 3.82. The normalized spacial score (nSPS) is 16.1. The van der Waals surface area contributed by atoms with Gasteiger partial charge in [0.2, 0.25) is 0 Å². The van der Waals surface area contributed by atoms with Crippen LogP contribution in [0, 0.1) is 0 Å². The number of carbonyl (C=O) groups is 1. The van der Waals surface area contributed by atoms with E-state index in [1.807, 2.05) is 0 Å². The van der Waals surface area contributed by atoms with Crippen LogP contribution in [0.2, 0.25) is 5.02 Å². The Balaban J connectivity index is 1.86. The number of ketones is 1. The van der Waals surface area contributed by atoms with E-state index in [2.05, 4.69) is 5.32 Å². The number of rotatable bonds is 6. The second-order valence-corrected chi connectivity index (χ2v) is 5.27. The number of benzene rings is 1. The number of Topliss-reactive ketones (excluding diaryl/α,β-unsaturated/α-hetero) is 1. The molecule has 1 aliphatic heterocycles. The monoisotopic (exact) mass is 297 g/mol. The maximum Gasteiger partial charge on any atom is 0.168 e. The molecule has 110 valence electrons. The topological polar surface area (TPSA) is 47.6 Å². The van der Waals surface area contributed by atoms with Crippen molar-refractivity contribution < 1.29 is 14.3 Å². The predicted octanol–water partition coefficient (Wildman–Crippen LogP) is 2.69. The molecule has 1 heterocycles. The Morgan fingerprint density at radius 1 is 1.40 bits per heavy atom. The van der Waals surface area contributed by atoms with Gasteiger partial charge in [-0.15, -0.1) is 0 Å². The molecule has 0 aromatic heterocycles. The molecular weight excluding hydrogens is 278 g/mol. The third-order valence-electron chi connectivity index (χ3n) is 3.43. The highest BCUT2D eigenvalue weighted by Crippen LogP contribution is 2.24. The second-order valence-electron chi connectivity index (χ2n) is 4.84. The Labute approximate surface area is 124 Å². The number of hydrogen-bond acceptors (Lipinski definition) is 4. The predicted molar refractivity (Wildman–Crippen MR) is 78.8 cm³/mol. The van der Waals surface area contributed by atoms with E-state index in [4.69, 9.17) is 21.1 Å². The third-order valence-corrected chi connectivity index (χ3v) is 3.67. The lowest BCUT2D eigenvalue weighted by molar-refractivity contribution is 0.0313. The van der Waals surface area contributed by atoms with Gasteiger partial charge in [0.15, 0.2) is 5.78 Å². The van der Waals surface area contributed by atoms with Gasteiger partial charge >= 0.3 is 0 Å². The number of ether oxygens (including phenoxy) is 2. The van der Waals surface area contributed by atoms with Crippen LogP contribution in [-0.4, -0.2) is 38.7 Å². The van der Waals surface area contributed by atoms with Crippen molar-refractivity contribution in [3.63, 3.8) is 0 Å². The van der Waals surface area contributed by atoms with E-state index in [9.17, 15) is 4.79 Å². The number of halogens is 1. The Hall–Kier alpha value is -1.10. The maximum atomic E-state index is 12.2. The quantitative estimate of drug-likeness (QED) is 0.820. The van der Waals surface area contributed by atoms with Crippen molar-refractivity contribution >= 4 is 17.4 Å². The zero-order valence-corrected chi connectivity index (χ0v) is 12.4. The van der Waals surface area contributed by atoms with Crippen LogP contribution in [0.1, 0.15) is 29.6 Å². The summed E-state index contributed by atoms with van der Waals surface area (Å²) in [6, 6.07) is 5.07. The molecule has 1 aromatic rings. The first kappa shape index (κ1) is 15.3. The number of piperidine rings is 1. The molecule has 0 radical (unpaired) electrons. The fraction of sp³-hybridized carbons (Fsp3) is 0.533. The lowest BCUT2D eigenvalue weighted by atomic mass is 10.1. The minimum absolute atomic E-state index is 0.00159. The summed E-state index contributed by atoms with van der Waals surface area (Å²) in [5.74, 6) is 0.555. The molecule has 20 heavy (non-hydrogen) atoms. The Bertz CT molecular complexity index is 458. The van der Waals surface area contributed by atoms with E-state index in [0.717, 1.165) is 25.9 Å². The number of nitrogens with one attached hydrogen (secondary N) is 1. The van der Waals surface area contributed by atoms with E-state index in [1.54, 1.807) is 25.3 Å². The van der Waals surface area contributed by atoms with Gasteiger partial charge in [-0.1, -0.05) is 11.6 Å². The Morgan fingerprint density at radius 3 is 2.85 bits per heavy atom. The first-order valence-corrected chi connectivity index (χ1v) is 7.27. The lowest BCUT2D eigenvalue weighted by Crippen LogP contribution is -2.32. The molecule has 0 amide bonds. The molecule has 0 spiro atoms. The van der Waals surface area contributed by atoms with Crippen molar-refractivity contribution in [1.29, 1.82) is 0 Å². The molecular formula is C15H20ClNO3. The second kappa shape index (κ2) is 7.62. The van der Waals surface area contributed by atoms with E-state index in [-0.39, 0.29) is 11.9 Å². The van der Waals surface area contributed by atoms with Gasteiger partial charge in [0.25, 0.3) is 0 Å². The van der Waals surface area contributed by atoms with Crippen LogP contribution in [0.15, 0.2) is 18.2 Å². The van der Waals surface area contributed by atoms with Gasteiger partial charge in [-0.05, 0) is 44.1 Å². The van der Waals surface area contributed by atoms with Crippen molar-refractivity contribution in [1.82, 2.24) is 5.32 Å². The first-order chi connectivity index (χ1) is 9.70. The highest BCUT2D eigenvalue weighted by atomic mass is 35.5. The molecule has 0 saturated carbocycles. The minimum atomic E-state index is -0.00159. The molecule has 1 aromatic carbocycles. The smallest absolute Gasteiger partial charge is 0.168 e. The van der Waals surface area contributed by atoms with Crippen LogP contribution in [0.4, 0.5) is 0 Å². The molecule has 0 unspecified atom stereocenters. The van der Waals surface area contributed by atoms with Crippen molar-refractivity contribution in [3.8, 4) is 5.75 Å². The van der Waals surface area contributed by atoms with Gasteiger partial charge in [0.1, 0.15) is 5.75 Å². The first-order valence-electron chi connectivity index (χ1n) is 6.90. The van der Waals surface area contributed by atoms with E-state index >= 15 is 0 Å². The zero-order valence-electron chi connectivity index (χ0n) is 11.7. The van der Waals surface area contributed by atoms with Crippen LogP contribution >= 0.6 is 11.6 Å². The highest BCUT2D eigenvalue weighted by molar-refractivity contribution is 6.31. The fourth-order valence-corrected chi connectivity index (χ4v) is 2.49. The molecule has 1 aliphatic rings. The van der Waals surface area contributed by atoms with Crippen LogP contribution < -0.4 is 10.1 Å². The third kappa shape index (κ3) is 4.20. The van der Waals surface area contributed by atoms with Gasteiger partial charge in [0, 0.05) is 11.4 Å². The molecule has 1 fully saturated rings. The van der Waals surface area contributed by atoms with E-state index in [1.165, 1.54) is 0 Å². The van der Waals surface area contributed by atoms with Crippen LogP contribution in [-0.2, 0) is 4.74 Å². The minimum Gasteiger partial charge on any atom is -0.496 e. The number of hydrogen-bond donors (Lipinski definition) is 1. The summed E-state index contributed by atoms with van der Waals surface area (Å²) >= 11 is 5.93. The van der Waals surface area contributed by atoms with Gasteiger partial charge in [0.05, 0.1) is 25.4 Å². The molecule has 0 bridgehead atoms. The van der Waals surface area contributed by atoms with Crippen molar-refractivity contribution in [2.24, 2.45) is 0 Å². The summed E-state index contributed by atoms with van der Waals surface area (Å²) in [7, 11) is 1.55. The Kier molecular flexibility index (Phi) is 5.83. The fourth-order valence-electron chi connectivity index (χ4n) is 2.31. The molecule has 0 atom stereocenters. The summed E-state index contributed by atoms with van der Waals surface area (Å²) in [4.78, 5) is 12.2. The summed E-state index contributed by atoms with van der Waals surface area (Å²) in [6.07, 6.45) is 2.63. The van der Waals surface area contributed by atoms with Gasteiger partial charge in [-0.25, -0.2) is 0 Å². The zero-order chi connectivity index (χ0) is 14.4. The molecule has 1 saturated heterocycles. The summed E-state index contributed by atoms with van der Waals surface area (Å²) in [6.45, 7) is 2.42. The van der Waals surface area contributed by atoms with Gasteiger partial charge in [-0.3, -0.25) is 4.79 Å². The number of methoxy groups -OCH3 is 1. The largest absolute Gasteiger partial charge is 0.496 e. The van der Waals surface area contributed by atoms with Gasteiger partial charge in [-0.2, -0.15) is 0 Å². The number of carbonyl (C=O) groups excluding carboxylic acids is 1. The SMILES string of the molecule is COc1ccc(Cl)cc1C(=O)CCOC1CCNCC1. The standard InChI is InChI=1S/C15H20ClNO3/c1-19-15-3-2-11(16)10-13(15)14(18)6-9-20-12-4-7-17-8-5-12/h2-3,10,12,17H,4-9H2,1H3. The Morgan fingerprint density at radius 2 is 2.15 bits per heavy atom. The van der Waals surface area contributed by atoms with Crippen molar-refractivity contribution in [3.05, 3.63) is 28.8 Å². The molecule has 5 heteroatoms. The van der Waals surface area contributed by atoms with Crippen LogP contribution in [0.3, 0.4) is 0 Å². The molecule has 2 rings (SSSR count). The average Bonchev–Trinajstić information content (AvgIpc) is 2.48. The molecule has 4 nitrogen and oxygen atoms in total. The van der Waals surface area contributed by atoms with Gasteiger partial charge < -0.3 is 14.8 Å². The van der Waals surface area contributed by atoms with Crippen LogP contribution in [0.5, 0.6) is 5.75 Å². The molecule has 0 aliphatic carbocycles. The highest BCUT2D eigenvalue weighted by Gasteiger charge is 2.16. The van der Waals surface area contributed by atoms with E-state index < -0.39 is 0 Å². The maximum absolute atomic E-state index is 12.2. The lowest BCUT2D eigenvalue weighted by Gasteiger charge is -2.22. The van der Waals surface area contributed by atoms with Crippen molar-refractivity contribution in [2.45, 2.75) is 25.4 Å². The summed E-state index contributed by atoms with van der Waals surface area (Å²) < 4.78 is 10.9. The average molecular weight is 298 g/mol. The van der Waals surface area contributed by atoms with E-state index in [0.29, 0.717) is 29.4 Å². The van der Waals surface area contributed by atoms with Crippen molar-refractivity contribution in [2.75, 3.05) is 26.8 Å².